The molecule has 1 aromatic carbocycles. The number of carbonyl (C=O) groups excluding carboxylic acids is 1. The van der Waals surface area contributed by atoms with Crippen LogP contribution in [0, 0.1) is 0 Å². The molecule has 0 amide bonds. The topological polar surface area (TPSA) is 59.6 Å². The number of nitrogens with one attached hydrogen (secondary N) is 2. The van der Waals surface area contributed by atoms with E-state index in [0.717, 1.165) is 74.2 Å². The molecule has 7 heteroatoms. The van der Waals surface area contributed by atoms with E-state index in [2.05, 4.69) is 70.4 Å². The average Bonchev–Trinajstić information content (AvgIpc) is 3.25. The molecule has 2 N–H and O–H groups in total. The summed E-state index contributed by atoms with van der Waals surface area (Å²) in [7, 11) is 1.45. The first kappa shape index (κ1) is 32.4. The van der Waals surface area contributed by atoms with Crippen molar-refractivity contribution in [1.29, 1.82) is 0 Å². The molecular weight excluding hydrogens is 537 g/mol. The van der Waals surface area contributed by atoms with Gasteiger partial charge in [0.2, 0.25) is 0 Å². The summed E-state index contributed by atoms with van der Waals surface area (Å²) < 4.78 is 11.5. The molecule has 0 spiro atoms. The number of carbonyl (C=O) groups is 1. The summed E-state index contributed by atoms with van der Waals surface area (Å²) >= 11 is 7.24. The minimum absolute atomic E-state index is 0.0525. The number of thiocarbonyl (C=S) groups is 1. The van der Waals surface area contributed by atoms with E-state index in [9.17, 15) is 4.79 Å². The summed E-state index contributed by atoms with van der Waals surface area (Å²) in [5, 5.41) is 7.96. The number of hydrogen-bond donors (Lipinski definition) is 2. The lowest BCUT2D eigenvalue weighted by molar-refractivity contribution is 0.0601. The molecule has 1 aliphatic rings. The van der Waals surface area contributed by atoms with Crippen LogP contribution in [0.15, 0.2) is 18.2 Å². The fourth-order valence-electron chi connectivity index (χ4n) is 5.08. The van der Waals surface area contributed by atoms with Crippen LogP contribution in [0.4, 0.5) is 5.00 Å². The molecule has 1 aliphatic carbocycles. The van der Waals surface area contributed by atoms with Gasteiger partial charge in [-0.1, -0.05) is 66.5 Å². The summed E-state index contributed by atoms with van der Waals surface area (Å²) in [4.78, 5) is 13.9. The van der Waals surface area contributed by atoms with Crippen molar-refractivity contribution in [3.8, 4) is 5.75 Å². The van der Waals surface area contributed by atoms with Crippen LogP contribution in [0.2, 0.25) is 0 Å². The fourth-order valence-corrected chi connectivity index (χ4v) is 6.63. The number of fused-ring (bicyclic) bond motifs is 1. The molecule has 222 valence electrons. The third-order valence-corrected chi connectivity index (χ3v) is 10.1. The van der Waals surface area contributed by atoms with Crippen molar-refractivity contribution in [2.75, 3.05) is 25.6 Å². The number of methoxy groups -OCH3 is 1. The smallest absolute Gasteiger partial charge is 0.341 e. The lowest BCUT2D eigenvalue weighted by Crippen LogP contribution is -2.29. The SMILES string of the molecule is CCC(C)(C)c1ccc(OCCCCNC(=S)Nc2sc3c(c2C(=O)OC)CCCCCC3)c(C(C)(C)CC)c1. The molecule has 40 heavy (non-hydrogen) atoms. The monoisotopic (exact) mass is 586 g/mol. The van der Waals surface area contributed by atoms with E-state index in [1.165, 1.54) is 36.0 Å². The van der Waals surface area contributed by atoms with E-state index in [1.807, 2.05) is 0 Å². The second-order valence-electron chi connectivity index (χ2n) is 12.2. The highest BCUT2D eigenvalue weighted by Gasteiger charge is 2.27. The van der Waals surface area contributed by atoms with E-state index >= 15 is 0 Å². The number of rotatable bonds is 12. The summed E-state index contributed by atoms with van der Waals surface area (Å²) in [6.45, 7) is 15.1. The predicted octanol–water partition coefficient (Wildman–Crippen LogP) is 8.71. The van der Waals surface area contributed by atoms with Gasteiger partial charge in [-0.05, 0) is 91.6 Å². The van der Waals surface area contributed by atoms with Gasteiger partial charge in [0.15, 0.2) is 5.11 Å². The van der Waals surface area contributed by atoms with Gasteiger partial charge in [-0.25, -0.2) is 4.79 Å². The van der Waals surface area contributed by atoms with Gasteiger partial charge in [-0.15, -0.1) is 11.3 Å². The fraction of sp³-hybridized carbons (Fsp3) is 0.636. The van der Waals surface area contributed by atoms with Gasteiger partial charge in [-0.3, -0.25) is 0 Å². The number of benzene rings is 1. The molecule has 5 nitrogen and oxygen atoms in total. The van der Waals surface area contributed by atoms with E-state index in [0.29, 0.717) is 17.3 Å². The lowest BCUT2D eigenvalue weighted by atomic mass is 9.76. The first-order valence-corrected chi connectivity index (χ1v) is 16.3. The van der Waals surface area contributed by atoms with E-state index in [-0.39, 0.29) is 16.8 Å². The molecule has 0 fully saturated rings. The van der Waals surface area contributed by atoms with Crippen LogP contribution in [-0.2, 0) is 28.4 Å². The highest BCUT2D eigenvalue weighted by molar-refractivity contribution is 7.80. The van der Waals surface area contributed by atoms with Crippen LogP contribution in [-0.4, -0.2) is 31.3 Å². The minimum atomic E-state index is -0.280. The van der Waals surface area contributed by atoms with Gasteiger partial charge < -0.3 is 20.1 Å². The van der Waals surface area contributed by atoms with Crippen LogP contribution >= 0.6 is 23.6 Å². The zero-order valence-corrected chi connectivity index (χ0v) is 27.4. The van der Waals surface area contributed by atoms with Crippen LogP contribution < -0.4 is 15.4 Å². The number of anilines is 1. The Morgan fingerprint density at radius 1 is 1.00 bits per heavy atom. The van der Waals surface area contributed by atoms with Crippen LogP contribution in [0.3, 0.4) is 0 Å². The normalized spacial score (nSPS) is 14.1. The Bertz CT molecular complexity index is 1150. The number of ether oxygens (including phenoxy) is 2. The number of unbranched alkanes of at least 4 members (excludes halogenated alkanes) is 1. The molecule has 1 heterocycles. The maximum absolute atomic E-state index is 12.7. The van der Waals surface area contributed by atoms with Crippen molar-refractivity contribution in [2.24, 2.45) is 0 Å². The third kappa shape index (κ3) is 8.22. The second kappa shape index (κ2) is 14.7. The first-order valence-electron chi connectivity index (χ1n) is 15.1. The van der Waals surface area contributed by atoms with Crippen molar-refractivity contribution < 1.29 is 14.3 Å². The van der Waals surface area contributed by atoms with Gasteiger partial charge in [0.05, 0.1) is 19.3 Å². The maximum atomic E-state index is 12.7. The summed E-state index contributed by atoms with van der Waals surface area (Å²) in [6, 6.07) is 6.76. The molecule has 0 saturated heterocycles. The van der Waals surface area contributed by atoms with Crippen molar-refractivity contribution in [3.05, 3.63) is 45.3 Å². The molecule has 1 aromatic heterocycles. The van der Waals surface area contributed by atoms with Crippen molar-refractivity contribution in [3.63, 3.8) is 0 Å². The number of thiophene rings is 1. The van der Waals surface area contributed by atoms with Gasteiger partial charge in [-0.2, -0.15) is 0 Å². The van der Waals surface area contributed by atoms with Crippen LogP contribution in [0.5, 0.6) is 5.75 Å². The minimum Gasteiger partial charge on any atom is -0.493 e. The average molecular weight is 587 g/mol. The largest absolute Gasteiger partial charge is 0.493 e. The summed E-state index contributed by atoms with van der Waals surface area (Å²) in [5.74, 6) is 0.716. The molecule has 0 radical (unpaired) electrons. The third-order valence-electron chi connectivity index (χ3n) is 8.66. The molecule has 0 unspecified atom stereocenters. The highest BCUT2D eigenvalue weighted by atomic mass is 32.1. The highest BCUT2D eigenvalue weighted by Crippen LogP contribution is 2.39. The summed E-state index contributed by atoms with van der Waals surface area (Å²) in [6.07, 6.45) is 10.7. The molecule has 2 aromatic rings. The Kier molecular flexibility index (Phi) is 11.9. The van der Waals surface area contributed by atoms with E-state index in [4.69, 9.17) is 21.7 Å². The van der Waals surface area contributed by atoms with Crippen LogP contribution in [0.1, 0.15) is 125 Å². The zero-order valence-electron chi connectivity index (χ0n) is 25.8. The quantitative estimate of drug-likeness (QED) is 0.147. The Hall–Kier alpha value is -2.12. The molecule has 3 rings (SSSR count). The van der Waals surface area contributed by atoms with Crippen molar-refractivity contribution in [2.45, 2.75) is 117 Å². The molecule has 0 saturated carbocycles. The first-order chi connectivity index (χ1) is 19.0. The molecule has 0 aliphatic heterocycles. The van der Waals surface area contributed by atoms with Crippen molar-refractivity contribution >= 4 is 39.6 Å². The molecule has 0 atom stereocenters. The molecular formula is C33H50N2O3S2. The van der Waals surface area contributed by atoms with E-state index in [1.54, 1.807) is 11.3 Å². The molecule has 0 bridgehead atoms. The Morgan fingerprint density at radius 3 is 2.38 bits per heavy atom. The number of esters is 1. The standard InChI is InChI=1S/C33H50N2O3S2/c1-8-32(3,4)23-18-19-26(25(22-23)33(5,6)9-2)38-21-15-14-20-34-31(39)35-29-28(30(36)37-7)24-16-12-10-11-13-17-27(24)40-29/h18-19,22H,8-17,20-21H2,1-7H3,(H2,34,35,39). The predicted molar refractivity (Wildman–Crippen MR) is 174 cm³/mol. The van der Waals surface area contributed by atoms with E-state index < -0.39 is 0 Å². The van der Waals surface area contributed by atoms with Crippen LogP contribution in [0.25, 0.3) is 0 Å². The van der Waals surface area contributed by atoms with Gasteiger partial charge >= 0.3 is 5.97 Å². The number of aryl methyl sites for hydroxylation is 1. The Morgan fingerprint density at radius 2 is 1.70 bits per heavy atom. The number of hydrogen-bond acceptors (Lipinski definition) is 5. The van der Waals surface area contributed by atoms with Gasteiger partial charge in [0, 0.05) is 17.0 Å². The maximum Gasteiger partial charge on any atom is 0.341 e. The Labute approximate surface area is 251 Å². The van der Waals surface area contributed by atoms with Gasteiger partial charge in [0.1, 0.15) is 10.8 Å². The van der Waals surface area contributed by atoms with Gasteiger partial charge in [0.25, 0.3) is 0 Å². The Balaban J connectivity index is 1.54. The lowest BCUT2D eigenvalue weighted by Gasteiger charge is -2.30. The summed E-state index contributed by atoms with van der Waals surface area (Å²) in [5.41, 5.74) is 4.68. The second-order valence-corrected chi connectivity index (χ2v) is 13.7. The zero-order chi connectivity index (χ0) is 29.3. The van der Waals surface area contributed by atoms with Crippen molar-refractivity contribution in [1.82, 2.24) is 5.32 Å².